The average Bonchev–Trinajstić information content (AvgIpc) is 2.19. The maximum absolute atomic E-state index is 6.10. The summed E-state index contributed by atoms with van der Waals surface area (Å²) in [7, 11) is 0. The Morgan fingerprint density at radius 2 is 2.07 bits per heavy atom. The summed E-state index contributed by atoms with van der Waals surface area (Å²) >= 11 is 6.10. The summed E-state index contributed by atoms with van der Waals surface area (Å²) in [5.41, 5.74) is 1.34. The first kappa shape index (κ1) is 10.0. The minimum Gasteiger partial charge on any atom is -0.378 e. The van der Waals surface area contributed by atoms with Crippen molar-refractivity contribution in [2.75, 3.05) is 6.61 Å². The Labute approximate surface area is 90.0 Å². The summed E-state index contributed by atoms with van der Waals surface area (Å²) in [6.45, 7) is 0.811. The summed E-state index contributed by atoms with van der Waals surface area (Å²) in [4.78, 5) is 0. The van der Waals surface area contributed by atoms with Gasteiger partial charge < -0.3 is 4.74 Å². The molecule has 1 aliphatic heterocycles. The van der Waals surface area contributed by atoms with E-state index in [4.69, 9.17) is 16.3 Å². The number of hydrogen-bond donors (Lipinski definition) is 0. The van der Waals surface area contributed by atoms with Crippen LogP contribution in [0.15, 0.2) is 30.3 Å². The molecule has 1 aromatic carbocycles. The minimum absolute atomic E-state index is 0.303. The van der Waals surface area contributed by atoms with Crippen molar-refractivity contribution >= 4 is 11.6 Å². The van der Waals surface area contributed by atoms with Gasteiger partial charge in [0.15, 0.2) is 0 Å². The first-order chi connectivity index (χ1) is 6.84. The van der Waals surface area contributed by atoms with Crippen LogP contribution in [0.4, 0.5) is 0 Å². The molecule has 0 aliphatic carbocycles. The van der Waals surface area contributed by atoms with E-state index in [1.54, 1.807) is 0 Å². The molecule has 14 heavy (non-hydrogen) atoms. The highest BCUT2D eigenvalue weighted by molar-refractivity contribution is 6.20. The third kappa shape index (κ3) is 2.73. The molecule has 0 amide bonds. The minimum atomic E-state index is 0.303. The Bertz CT molecular complexity index is 273. The van der Waals surface area contributed by atoms with Crippen LogP contribution in [0.1, 0.15) is 18.4 Å². The van der Waals surface area contributed by atoms with Gasteiger partial charge in [-0.1, -0.05) is 30.3 Å². The van der Waals surface area contributed by atoms with Gasteiger partial charge in [0.1, 0.15) is 0 Å². The fourth-order valence-corrected chi connectivity index (χ4v) is 2.14. The molecule has 2 atom stereocenters. The third-order valence-electron chi connectivity index (χ3n) is 2.61. The van der Waals surface area contributed by atoms with Gasteiger partial charge in [0.2, 0.25) is 0 Å². The molecule has 0 N–H and O–H groups in total. The van der Waals surface area contributed by atoms with Gasteiger partial charge in [-0.15, -0.1) is 11.6 Å². The lowest BCUT2D eigenvalue weighted by molar-refractivity contribution is 0.0187. The quantitative estimate of drug-likeness (QED) is 0.682. The maximum Gasteiger partial charge on any atom is 0.0629 e. The molecule has 2 rings (SSSR count). The lowest BCUT2D eigenvalue weighted by Crippen LogP contribution is -2.27. The Hall–Kier alpha value is -0.530. The van der Waals surface area contributed by atoms with E-state index in [0.29, 0.717) is 11.5 Å². The molecule has 1 fully saturated rings. The highest BCUT2D eigenvalue weighted by Crippen LogP contribution is 2.21. The van der Waals surface area contributed by atoms with Crippen molar-refractivity contribution in [3.8, 4) is 0 Å². The van der Waals surface area contributed by atoms with Crippen LogP contribution in [-0.4, -0.2) is 18.1 Å². The number of alkyl halides is 1. The molecule has 1 saturated heterocycles. The van der Waals surface area contributed by atoms with Crippen LogP contribution < -0.4 is 0 Å². The van der Waals surface area contributed by atoms with E-state index in [1.165, 1.54) is 5.56 Å². The molecule has 0 bridgehead atoms. The zero-order chi connectivity index (χ0) is 9.80. The van der Waals surface area contributed by atoms with Crippen molar-refractivity contribution < 1.29 is 4.74 Å². The molecule has 76 valence electrons. The van der Waals surface area contributed by atoms with Crippen molar-refractivity contribution in [3.05, 3.63) is 35.9 Å². The van der Waals surface area contributed by atoms with Gasteiger partial charge >= 0.3 is 0 Å². The molecule has 1 aliphatic rings. The van der Waals surface area contributed by atoms with Crippen LogP contribution >= 0.6 is 11.6 Å². The number of benzene rings is 1. The molecule has 1 nitrogen and oxygen atoms in total. The largest absolute Gasteiger partial charge is 0.378 e. The maximum atomic E-state index is 6.10. The van der Waals surface area contributed by atoms with E-state index >= 15 is 0 Å². The van der Waals surface area contributed by atoms with Gasteiger partial charge in [0, 0.05) is 12.0 Å². The molecule has 1 aromatic rings. The normalized spacial score (nSPS) is 27.5. The monoisotopic (exact) mass is 210 g/mol. The number of rotatable bonds is 2. The topological polar surface area (TPSA) is 9.23 Å². The van der Waals surface area contributed by atoms with Crippen LogP contribution in [0, 0.1) is 0 Å². The molecule has 2 unspecified atom stereocenters. The Balaban J connectivity index is 1.91. The van der Waals surface area contributed by atoms with E-state index in [0.717, 1.165) is 25.9 Å². The first-order valence-electron chi connectivity index (χ1n) is 5.14. The van der Waals surface area contributed by atoms with Crippen LogP contribution in [0.5, 0.6) is 0 Å². The molecule has 0 radical (unpaired) electrons. The SMILES string of the molecule is ClC1CCOC(Cc2ccccc2)C1. The summed E-state index contributed by atoms with van der Waals surface area (Å²) < 4.78 is 5.67. The number of halogens is 1. The lowest BCUT2D eigenvalue weighted by Gasteiger charge is -2.26. The van der Waals surface area contributed by atoms with E-state index in [2.05, 4.69) is 24.3 Å². The van der Waals surface area contributed by atoms with Gasteiger partial charge in [-0.2, -0.15) is 0 Å². The smallest absolute Gasteiger partial charge is 0.0629 e. The lowest BCUT2D eigenvalue weighted by atomic mass is 10.0. The van der Waals surface area contributed by atoms with Crippen LogP contribution in [-0.2, 0) is 11.2 Å². The zero-order valence-electron chi connectivity index (χ0n) is 8.16. The second-order valence-corrected chi connectivity index (χ2v) is 4.42. The van der Waals surface area contributed by atoms with Crippen LogP contribution in [0.3, 0.4) is 0 Å². The predicted octanol–water partition coefficient (Wildman–Crippen LogP) is 3.02. The van der Waals surface area contributed by atoms with Crippen LogP contribution in [0.25, 0.3) is 0 Å². The van der Waals surface area contributed by atoms with E-state index in [1.807, 2.05) is 6.07 Å². The Morgan fingerprint density at radius 1 is 1.29 bits per heavy atom. The summed E-state index contributed by atoms with van der Waals surface area (Å²) in [6, 6.07) is 10.4. The van der Waals surface area contributed by atoms with Crippen LogP contribution in [0.2, 0.25) is 0 Å². The van der Waals surface area contributed by atoms with Gasteiger partial charge in [-0.3, -0.25) is 0 Å². The summed E-state index contributed by atoms with van der Waals surface area (Å²) in [5, 5.41) is 0.303. The van der Waals surface area contributed by atoms with Crippen molar-refractivity contribution in [2.24, 2.45) is 0 Å². The molecular weight excluding hydrogens is 196 g/mol. The van der Waals surface area contributed by atoms with E-state index < -0.39 is 0 Å². The first-order valence-corrected chi connectivity index (χ1v) is 5.58. The molecule has 1 heterocycles. The molecule has 0 spiro atoms. The van der Waals surface area contributed by atoms with Crippen molar-refractivity contribution in [2.45, 2.75) is 30.7 Å². The number of ether oxygens (including phenoxy) is 1. The third-order valence-corrected chi connectivity index (χ3v) is 3.01. The Morgan fingerprint density at radius 3 is 2.79 bits per heavy atom. The summed E-state index contributed by atoms with van der Waals surface area (Å²) in [6.07, 6.45) is 3.28. The van der Waals surface area contributed by atoms with Crippen molar-refractivity contribution in [1.82, 2.24) is 0 Å². The molecule has 0 aromatic heterocycles. The molecular formula is C12H15ClO. The highest BCUT2D eigenvalue weighted by Gasteiger charge is 2.20. The highest BCUT2D eigenvalue weighted by atomic mass is 35.5. The predicted molar refractivity (Wildman–Crippen MR) is 58.8 cm³/mol. The van der Waals surface area contributed by atoms with Crippen molar-refractivity contribution in [3.63, 3.8) is 0 Å². The molecule has 2 heteroatoms. The fourth-order valence-electron chi connectivity index (χ4n) is 1.85. The van der Waals surface area contributed by atoms with E-state index in [9.17, 15) is 0 Å². The van der Waals surface area contributed by atoms with Gasteiger partial charge in [-0.05, 0) is 24.8 Å². The second kappa shape index (κ2) is 4.81. The van der Waals surface area contributed by atoms with E-state index in [-0.39, 0.29) is 0 Å². The van der Waals surface area contributed by atoms with Gasteiger partial charge in [-0.25, -0.2) is 0 Å². The Kier molecular flexibility index (Phi) is 3.44. The fraction of sp³-hybridized carbons (Fsp3) is 0.500. The van der Waals surface area contributed by atoms with Gasteiger partial charge in [0.05, 0.1) is 6.10 Å². The number of hydrogen-bond acceptors (Lipinski definition) is 1. The summed E-state index contributed by atoms with van der Waals surface area (Å²) in [5.74, 6) is 0. The van der Waals surface area contributed by atoms with Crippen molar-refractivity contribution in [1.29, 1.82) is 0 Å². The standard InChI is InChI=1S/C12H15ClO/c13-11-6-7-14-12(9-11)8-10-4-2-1-3-5-10/h1-5,11-12H,6-9H2. The zero-order valence-corrected chi connectivity index (χ0v) is 8.91. The van der Waals surface area contributed by atoms with Gasteiger partial charge in [0.25, 0.3) is 0 Å². The molecule has 0 saturated carbocycles. The average molecular weight is 211 g/mol. The second-order valence-electron chi connectivity index (χ2n) is 3.80.